The Kier molecular flexibility index (Phi) is 21.0. The van der Waals surface area contributed by atoms with Crippen LogP contribution >= 0.6 is 0 Å². The van der Waals surface area contributed by atoms with E-state index in [-0.39, 0.29) is 35.5 Å². The fourth-order valence-corrected chi connectivity index (χ4v) is 6.20. The number of halogens is 9. The Bertz CT molecular complexity index is 2370. The minimum Gasteiger partial charge on any atom is -0.504 e. The molecule has 15 nitrogen and oxygen atoms in total. The molecular weight excluding hydrogens is 952 g/mol. The van der Waals surface area contributed by atoms with E-state index in [4.69, 9.17) is 18.9 Å². The molecule has 0 unspecified atom stereocenters. The fraction of sp³-hybridized carbons (Fsp3) is 0.297. The van der Waals surface area contributed by atoms with Crippen LogP contribution < -0.4 is 13.7 Å². The molecule has 4 rings (SSSR count). The van der Waals surface area contributed by atoms with E-state index in [9.17, 15) is 79.5 Å². The summed E-state index contributed by atoms with van der Waals surface area (Å²) in [6.07, 6.45) is 1.86. The van der Waals surface area contributed by atoms with Gasteiger partial charge in [0.25, 0.3) is 0 Å². The van der Waals surface area contributed by atoms with Gasteiger partial charge in [0.05, 0.1) is 50.8 Å². The van der Waals surface area contributed by atoms with E-state index in [0.717, 1.165) is 17.2 Å². The first-order chi connectivity index (χ1) is 29.8. The van der Waals surface area contributed by atoms with Crippen LogP contribution in [0.5, 0.6) is 23.0 Å². The quantitative estimate of drug-likeness (QED) is 0.0297. The fourth-order valence-electron chi connectivity index (χ4n) is 4.15. The molecule has 27 heteroatoms. The molecule has 0 amide bonds. The van der Waals surface area contributed by atoms with Crippen LogP contribution in [0.3, 0.4) is 0 Å². The number of hydrogen-bond donors (Lipinski definition) is 1. The molecule has 4 aromatic rings. The Morgan fingerprint density at radius 2 is 0.875 bits per heavy atom. The second-order valence-electron chi connectivity index (χ2n) is 11.9. The van der Waals surface area contributed by atoms with Gasteiger partial charge in [-0.05, 0) is 35.4 Å². The molecule has 1 N–H and O–H groups in total. The maximum absolute atomic E-state index is 12.6. The molecule has 4 aromatic carbocycles. The van der Waals surface area contributed by atoms with Crippen molar-refractivity contribution >= 4 is 42.9 Å². The molecule has 0 saturated heterocycles. The van der Waals surface area contributed by atoms with Gasteiger partial charge in [-0.25, -0.2) is 0 Å². The first-order valence-electron chi connectivity index (χ1n) is 17.4. The Morgan fingerprint density at radius 1 is 0.484 bits per heavy atom. The van der Waals surface area contributed by atoms with Crippen LogP contribution in [0.15, 0.2) is 97.1 Å². The SMILES string of the molecule is O=Cc1cccc(OCCCOCc2ccccc2)c1O.O=Cc1cccc(OCCCOCc2ccccc2)c1OS(=O)(=O)C(F)(F)F.O=S(=O)(OS(=O)(=O)C(F)(F)F)C(F)(F)F. The molecular formula is C37H35F9O15S3. The van der Waals surface area contributed by atoms with E-state index in [1.165, 1.54) is 18.2 Å². The zero-order valence-electron chi connectivity index (χ0n) is 32.3. The smallest absolute Gasteiger partial charge is 0.504 e. The van der Waals surface area contributed by atoms with Crippen LogP contribution in [-0.4, -0.2) is 85.9 Å². The predicted molar refractivity (Wildman–Crippen MR) is 204 cm³/mol. The number of para-hydroxylation sites is 2. The molecule has 0 aromatic heterocycles. The van der Waals surface area contributed by atoms with Crippen molar-refractivity contribution in [2.45, 2.75) is 42.6 Å². The highest BCUT2D eigenvalue weighted by Crippen LogP contribution is 2.36. The number of phenolic OH excluding ortho intramolecular Hbond substituents is 1. The lowest BCUT2D eigenvalue weighted by Crippen LogP contribution is -2.34. The summed E-state index contributed by atoms with van der Waals surface area (Å²) in [5.74, 6) is -0.888. The summed E-state index contributed by atoms with van der Waals surface area (Å²) in [5.41, 5.74) is -16.2. The van der Waals surface area contributed by atoms with Gasteiger partial charge < -0.3 is 28.2 Å². The maximum atomic E-state index is 12.6. The predicted octanol–water partition coefficient (Wildman–Crippen LogP) is 7.61. The molecule has 0 spiro atoms. The van der Waals surface area contributed by atoms with Crippen molar-refractivity contribution in [2.75, 3.05) is 26.4 Å². The van der Waals surface area contributed by atoms with Gasteiger partial charge in [-0.1, -0.05) is 72.8 Å². The lowest BCUT2D eigenvalue weighted by molar-refractivity contribution is -0.0586. The molecule has 0 aliphatic rings. The Hall–Kier alpha value is -5.48. The molecule has 0 aliphatic carbocycles. The molecule has 64 heavy (non-hydrogen) atoms. The summed E-state index contributed by atoms with van der Waals surface area (Å²) in [7, 11) is -19.6. The second-order valence-corrected chi connectivity index (χ2v) is 16.8. The van der Waals surface area contributed by atoms with E-state index in [0.29, 0.717) is 57.9 Å². The summed E-state index contributed by atoms with van der Waals surface area (Å²) in [6, 6.07) is 27.9. The number of alkyl halides is 9. The van der Waals surface area contributed by atoms with Crippen LogP contribution in [0.1, 0.15) is 44.7 Å². The number of benzene rings is 4. The van der Waals surface area contributed by atoms with Gasteiger partial charge in [-0.2, -0.15) is 64.8 Å². The summed E-state index contributed by atoms with van der Waals surface area (Å²) >= 11 is 0. The lowest BCUT2D eigenvalue weighted by atomic mass is 10.2. The molecule has 0 bridgehead atoms. The maximum Gasteiger partial charge on any atom is 0.534 e. The van der Waals surface area contributed by atoms with Gasteiger partial charge in [0.15, 0.2) is 35.6 Å². The third kappa shape index (κ3) is 17.9. The third-order valence-corrected chi connectivity index (χ3v) is 10.6. The Labute approximate surface area is 359 Å². The lowest BCUT2D eigenvalue weighted by Gasteiger charge is -2.15. The Morgan fingerprint density at radius 3 is 1.28 bits per heavy atom. The number of rotatable bonds is 20. The van der Waals surface area contributed by atoms with Crippen molar-refractivity contribution in [3.8, 4) is 23.0 Å². The van der Waals surface area contributed by atoms with E-state index < -0.39 is 52.6 Å². The molecule has 0 radical (unpaired) electrons. The van der Waals surface area contributed by atoms with Crippen LogP contribution in [0, 0.1) is 0 Å². The minimum atomic E-state index is -6.85. The first-order valence-corrected chi connectivity index (χ1v) is 21.7. The van der Waals surface area contributed by atoms with Crippen LogP contribution in [0.2, 0.25) is 0 Å². The Balaban J connectivity index is 0.000000347. The number of carbonyl (C=O) groups is 2. The number of ether oxygens (including phenoxy) is 4. The highest BCUT2D eigenvalue weighted by molar-refractivity contribution is 8.00. The zero-order chi connectivity index (χ0) is 48.2. The summed E-state index contributed by atoms with van der Waals surface area (Å²) in [5, 5.41) is 9.75. The average Bonchev–Trinajstić information content (AvgIpc) is 3.21. The highest BCUT2D eigenvalue weighted by Gasteiger charge is 2.57. The van der Waals surface area contributed by atoms with Gasteiger partial charge in [0.1, 0.15) is 0 Å². The van der Waals surface area contributed by atoms with Gasteiger partial charge in [-0.15, -0.1) is 3.63 Å². The summed E-state index contributed by atoms with van der Waals surface area (Å²) in [6.45, 7) is 2.28. The largest absolute Gasteiger partial charge is 0.534 e. The zero-order valence-corrected chi connectivity index (χ0v) is 34.8. The average molecular weight is 987 g/mol. The monoisotopic (exact) mass is 986 g/mol. The van der Waals surface area contributed by atoms with E-state index in [2.05, 4.69) is 4.18 Å². The molecule has 0 atom stereocenters. The first kappa shape index (κ1) is 54.7. The topological polar surface area (TPSA) is 212 Å². The molecule has 0 saturated carbocycles. The highest BCUT2D eigenvalue weighted by atomic mass is 32.3. The van der Waals surface area contributed by atoms with Crippen molar-refractivity contribution in [2.24, 2.45) is 0 Å². The van der Waals surface area contributed by atoms with Crippen LogP contribution in [-0.2, 0) is 56.7 Å². The molecule has 0 aliphatic heterocycles. The number of hydrogen-bond acceptors (Lipinski definition) is 15. The van der Waals surface area contributed by atoms with Crippen molar-refractivity contribution in [3.05, 3.63) is 119 Å². The number of aldehydes is 2. The molecule has 0 heterocycles. The standard InChI is InChI=1S/C18H17F3O6S.C17H18O4.C2F6O5S2/c19-18(20,21)28(23,24)27-17-15(12-22)8-4-9-16(17)26-11-5-10-25-13-14-6-2-1-3-7-14;18-12-15-8-4-9-16(17(15)19)21-11-5-10-20-13-14-6-2-1-3-7-14;3-1(4,5)14(9,10)13-15(11,12)2(6,7)8/h1-4,6-9,12H,5,10-11,13H2;1-4,6-9,12,19H,5,10-11,13H2;. The molecule has 0 fully saturated rings. The van der Waals surface area contributed by atoms with Crippen molar-refractivity contribution in [1.82, 2.24) is 0 Å². The van der Waals surface area contributed by atoms with Crippen LogP contribution in [0.25, 0.3) is 0 Å². The van der Waals surface area contributed by atoms with Gasteiger partial charge in [0, 0.05) is 12.8 Å². The summed E-state index contributed by atoms with van der Waals surface area (Å²) < 4.78 is 196. The van der Waals surface area contributed by atoms with Crippen LogP contribution in [0.4, 0.5) is 39.5 Å². The van der Waals surface area contributed by atoms with Crippen molar-refractivity contribution in [3.63, 3.8) is 0 Å². The van der Waals surface area contributed by atoms with Crippen molar-refractivity contribution in [1.29, 1.82) is 0 Å². The second kappa shape index (κ2) is 24.5. The normalized spacial score (nSPS) is 12.1. The van der Waals surface area contributed by atoms with Gasteiger partial charge in [0.2, 0.25) is 0 Å². The number of carbonyl (C=O) groups excluding carboxylic acids is 2. The number of aromatic hydroxyl groups is 1. The van der Waals surface area contributed by atoms with E-state index in [1.54, 1.807) is 12.1 Å². The molecule has 354 valence electrons. The van der Waals surface area contributed by atoms with E-state index >= 15 is 0 Å². The van der Waals surface area contributed by atoms with E-state index in [1.807, 2.05) is 64.3 Å². The summed E-state index contributed by atoms with van der Waals surface area (Å²) in [4.78, 5) is 21.7. The third-order valence-electron chi connectivity index (χ3n) is 7.12. The van der Waals surface area contributed by atoms with Gasteiger partial charge >= 0.3 is 46.9 Å². The van der Waals surface area contributed by atoms with Crippen molar-refractivity contribution < 1.29 is 106 Å². The minimum absolute atomic E-state index is 0.0134. The number of phenols is 1. The van der Waals surface area contributed by atoms with Gasteiger partial charge in [-0.3, -0.25) is 9.59 Å².